The first-order valence-corrected chi connectivity index (χ1v) is 11.4. The Balaban J connectivity index is 2.02. The molecule has 0 aliphatic heterocycles. The van der Waals surface area contributed by atoms with E-state index in [-0.39, 0.29) is 9.87 Å². The van der Waals surface area contributed by atoms with E-state index in [2.05, 4.69) is 17.2 Å². The minimum Gasteiger partial charge on any atom is -0.497 e. The number of sulfonamides is 1. The largest absolute Gasteiger partial charge is 0.497 e. The lowest BCUT2D eigenvalue weighted by atomic mass is 10.1. The van der Waals surface area contributed by atoms with E-state index in [1.165, 1.54) is 13.2 Å². The van der Waals surface area contributed by atoms with Gasteiger partial charge in [-0.15, -0.1) is 10.9 Å². The van der Waals surface area contributed by atoms with E-state index in [0.29, 0.717) is 17.1 Å². The minimum atomic E-state index is -4.59. The molecule has 0 fully saturated rings. The van der Waals surface area contributed by atoms with Crippen molar-refractivity contribution in [1.82, 2.24) is 4.31 Å². The Kier molecular flexibility index (Phi) is 7.47. The van der Waals surface area contributed by atoms with Crippen LogP contribution in [0.2, 0.25) is 0 Å². The van der Waals surface area contributed by atoms with Crippen molar-refractivity contribution in [3.05, 3.63) is 103 Å². The lowest BCUT2D eigenvalue weighted by Crippen LogP contribution is -2.47. The second-order valence-corrected chi connectivity index (χ2v) is 8.74. The number of nitrogens with one attached hydrogen (secondary N) is 2. The zero-order chi connectivity index (χ0) is 23.8. The average molecular weight is 466 g/mol. The van der Waals surface area contributed by atoms with Gasteiger partial charge in [0, 0.05) is 11.4 Å². The molecule has 1 atom stereocenters. The number of para-hydroxylation sites is 2. The quantitative estimate of drug-likeness (QED) is 0.477. The Morgan fingerprint density at radius 1 is 0.879 bits per heavy atom. The molecule has 170 valence electrons. The first kappa shape index (κ1) is 23.6. The van der Waals surface area contributed by atoms with Crippen molar-refractivity contribution in [3.8, 4) is 5.75 Å². The van der Waals surface area contributed by atoms with Gasteiger partial charge in [-0.25, -0.2) is 18.0 Å². The summed E-state index contributed by atoms with van der Waals surface area (Å²) in [5.74, 6) is 0.420. The molecule has 0 aliphatic carbocycles. The summed E-state index contributed by atoms with van der Waals surface area (Å²) in [7, 11) is -3.15. The number of ether oxygens (including phenoxy) is 1. The van der Waals surface area contributed by atoms with E-state index < -0.39 is 27.3 Å². The minimum absolute atomic E-state index is 0.179. The highest BCUT2D eigenvalue weighted by Crippen LogP contribution is 2.30. The van der Waals surface area contributed by atoms with Gasteiger partial charge in [-0.1, -0.05) is 54.6 Å². The maximum Gasteiger partial charge on any atom is 0.344 e. The second-order valence-electron chi connectivity index (χ2n) is 6.83. The fraction of sp³-hybridized carbons (Fsp3) is 0.0833. The summed E-state index contributed by atoms with van der Waals surface area (Å²) in [5.41, 5.74) is 0.938. The summed E-state index contributed by atoms with van der Waals surface area (Å²) in [6.45, 7) is 3.62. The predicted octanol–water partition coefficient (Wildman–Crippen LogP) is 5.02. The fourth-order valence-electron chi connectivity index (χ4n) is 3.08. The number of hydrogen-bond donors (Lipinski definition) is 2. The number of carbonyl (C=O) groups is 2. The predicted molar refractivity (Wildman–Crippen MR) is 128 cm³/mol. The summed E-state index contributed by atoms with van der Waals surface area (Å²) >= 11 is 0. The van der Waals surface area contributed by atoms with Gasteiger partial charge in [-0.3, -0.25) is 0 Å². The van der Waals surface area contributed by atoms with Crippen LogP contribution in [0.1, 0.15) is 10.8 Å². The lowest BCUT2D eigenvalue weighted by molar-refractivity contribution is 0.222. The first-order chi connectivity index (χ1) is 15.9. The molecule has 9 heteroatoms. The topological polar surface area (TPSA) is 105 Å². The summed E-state index contributed by atoms with van der Waals surface area (Å²) in [6.07, 6.45) is 1.16. The number of hydrogen-bond acceptors (Lipinski definition) is 5. The van der Waals surface area contributed by atoms with Crippen molar-refractivity contribution in [1.29, 1.82) is 0 Å². The van der Waals surface area contributed by atoms with E-state index in [1.54, 1.807) is 78.9 Å². The summed E-state index contributed by atoms with van der Waals surface area (Å²) in [4.78, 5) is 26.2. The van der Waals surface area contributed by atoms with Crippen LogP contribution in [0.3, 0.4) is 0 Å². The van der Waals surface area contributed by atoms with Gasteiger partial charge >= 0.3 is 12.1 Å². The Morgan fingerprint density at radius 3 is 1.85 bits per heavy atom. The third kappa shape index (κ3) is 5.58. The molecule has 0 saturated carbocycles. The number of methoxy groups -OCH3 is 1. The number of urea groups is 2. The van der Waals surface area contributed by atoms with Gasteiger partial charge in [0.05, 0.1) is 7.11 Å². The Labute approximate surface area is 192 Å². The van der Waals surface area contributed by atoms with Crippen LogP contribution in [0, 0.1) is 0 Å². The number of benzene rings is 3. The Morgan fingerprint density at radius 2 is 1.39 bits per heavy atom. The molecule has 0 radical (unpaired) electrons. The van der Waals surface area contributed by atoms with Crippen LogP contribution in [-0.2, 0) is 10.0 Å². The van der Waals surface area contributed by atoms with Crippen LogP contribution in [0.4, 0.5) is 21.0 Å². The molecule has 0 saturated heterocycles. The molecule has 0 bridgehead atoms. The maximum atomic E-state index is 13.6. The zero-order valence-electron chi connectivity index (χ0n) is 17.8. The number of nitrogens with zero attached hydrogens (tertiary/aromatic N) is 1. The molecule has 3 aromatic carbocycles. The van der Waals surface area contributed by atoms with Gasteiger partial charge in [0.25, 0.3) is 10.0 Å². The summed E-state index contributed by atoms with van der Waals surface area (Å²) in [6, 6.07) is 20.5. The van der Waals surface area contributed by atoms with Crippen molar-refractivity contribution in [2.75, 3.05) is 17.7 Å². The monoisotopic (exact) mass is 465 g/mol. The molecule has 0 aliphatic rings. The van der Waals surface area contributed by atoms with E-state index in [4.69, 9.17) is 4.74 Å². The van der Waals surface area contributed by atoms with Crippen LogP contribution < -0.4 is 15.4 Å². The number of imide groups is 1. The van der Waals surface area contributed by atoms with Crippen molar-refractivity contribution < 1.29 is 22.7 Å². The molecule has 0 heterocycles. The zero-order valence-corrected chi connectivity index (χ0v) is 18.7. The molecule has 3 aromatic rings. The molecule has 2 N–H and O–H groups in total. The normalized spacial score (nSPS) is 11.7. The van der Waals surface area contributed by atoms with Crippen LogP contribution >= 0.6 is 0 Å². The third-order valence-corrected chi connectivity index (χ3v) is 6.58. The molecular weight excluding hydrogens is 442 g/mol. The molecule has 0 aromatic heterocycles. The smallest absolute Gasteiger partial charge is 0.344 e. The van der Waals surface area contributed by atoms with Crippen molar-refractivity contribution in [2.45, 2.75) is 5.25 Å². The molecule has 1 unspecified atom stereocenters. The van der Waals surface area contributed by atoms with E-state index in [0.717, 1.165) is 6.08 Å². The van der Waals surface area contributed by atoms with Gasteiger partial charge in [-0.2, -0.15) is 0 Å². The fourth-order valence-corrected chi connectivity index (χ4v) is 4.59. The highest BCUT2D eigenvalue weighted by molar-refractivity contribution is 7.90. The molecule has 33 heavy (non-hydrogen) atoms. The van der Waals surface area contributed by atoms with E-state index in [1.807, 2.05) is 0 Å². The molecular formula is C24H23N3O5S. The van der Waals surface area contributed by atoms with Gasteiger partial charge in [0.15, 0.2) is 0 Å². The summed E-state index contributed by atoms with van der Waals surface area (Å²) in [5, 5.41) is 3.52. The maximum absolute atomic E-state index is 13.6. The number of rotatable bonds is 7. The van der Waals surface area contributed by atoms with Crippen LogP contribution in [-0.4, -0.2) is 31.9 Å². The first-order valence-electron chi connectivity index (χ1n) is 9.89. The second kappa shape index (κ2) is 10.5. The van der Waals surface area contributed by atoms with Gasteiger partial charge in [0.1, 0.15) is 11.0 Å². The highest BCUT2D eigenvalue weighted by Gasteiger charge is 2.40. The van der Waals surface area contributed by atoms with E-state index in [9.17, 15) is 18.0 Å². The number of amides is 4. The van der Waals surface area contributed by atoms with Crippen LogP contribution in [0.5, 0.6) is 5.75 Å². The number of carbonyl (C=O) groups excluding carboxylic acids is 2. The SMILES string of the molecule is C=CC(c1cccc(OC)c1)S(=O)(=O)N(C(=O)Nc1ccccc1)C(=O)Nc1ccccc1. The van der Waals surface area contributed by atoms with Crippen LogP contribution in [0.15, 0.2) is 97.6 Å². The number of anilines is 2. The van der Waals surface area contributed by atoms with E-state index >= 15 is 0 Å². The summed E-state index contributed by atoms with van der Waals surface area (Å²) < 4.78 is 32.6. The molecule has 8 nitrogen and oxygen atoms in total. The third-order valence-electron chi connectivity index (χ3n) is 4.63. The highest BCUT2D eigenvalue weighted by atomic mass is 32.2. The molecule has 3 rings (SSSR count). The van der Waals surface area contributed by atoms with Crippen LogP contribution in [0.25, 0.3) is 0 Å². The van der Waals surface area contributed by atoms with Gasteiger partial charge in [-0.05, 0) is 42.0 Å². The van der Waals surface area contributed by atoms with Crippen molar-refractivity contribution in [3.63, 3.8) is 0 Å². The molecule has 4 amide bonds. The average Bonchev–Trinajstić information content (AvgIpc) is 2.80. The van der Waals surface area contributed by atoms with Crippen molar-refractivity contribution >= 4 is 33.5 Å². The Hall–Kier alpha value is -4.11. The lowest BCUT2D eigenvalue weighted by Gasteiger charge is -2.25. The molecule has 0 spiro atoms. The van der Waals surface area contributed by atoms with Gasteiger partial charge in [0.2, 0.25) is 0 Å². The Bertz CT molecular complexity index is 1180. The van der Waals surface area contributed by atoms with Gasteiger partial charge < -0.3 is 15.4 Å². The van der Waals surface area contributed by atoms with Crippen molar-refractivity contribution in [2.24, 2.45) is 0 Å². The standard InChI is InChI=1S/C24H23N3O5S/c1-3-22(18-11-10-16-21(17-18)32-2)33(30,31)27(23(28)25-19-12-6-4-7-13-19)24(29)26-20-14-8-5-9-15-20/h3-17,22H,1H2,2H3,(H,25,28)(H,26,29).